The van der Waals surface area contributed by atoms with Gasteiger partial charge in [0.15, 0.2) is 11.6 Å². The van der Waals surface area contributed by atoms with Crippen LogP contribution in [-0.2, 0) is 11.2 Å². The zero-order valence-electron chi connectivity index (χ0n) is 11.2. The number of nitrogens with zero attached hydrogens (tertiary/aromatic N) is 1. The minimum Gasteiger partial charge on any atom is -0.453 e. The fourth-order valence-electron chi connectivity index (χ4n) is 1.90. The first-order valence-electron chi connectivity index (χ1n) is 6.15. The van der Waals surface area contributed by atoms with Crippen molar-refractivity contribution >= 4 is 22.2 Å². The number of aryl methyl sites for hydroxylation is 1. The average molecular weight is 348 g/mol. The second kappa shape index (κ2) is 6.51. The SMILES string of the molecule is Cc1cc(C#N)cc(Oc2c(Br)ccc(CC=O)c2F)c1. The molecule has 0 unspecified atom stereocenters. The van der Waals surface area contributed by atoms with Crippen molar-refractivity contribution in [2.75, 3.05) is 0 Å². The van der Waals surface area contributed by atoms with E-state index in [0.717, 1.165) is 5.56 Å². The van der Waals surface area contributed by atoms with E-state index in [0.29, 0.717) is 22.1 Å². The van der Waals surface area contributed by atoms with E-state index < -0.39 is 5.82 Å². The van der Waals surface area contributed by atoms with Gasteiger partial charge in [0.2, 0.25) is 0 Å². The molecule has 0 aliphatic rings. The molecule has 0 aromatic heterocycles. The van der Waals surface area contributed by atoms with Gasteiger partial charge < -0.3 is 9.53 Å². The molecule has 21 heavy (non-hydrogen) atoms. The molecule has 0 saturated carbocycles. The topological polar surface area (TPSA) is 50.1 Å². The summed E-state index contributed by atoms with van der Waals surface area (Å²) in [7, 11) is 0. The summed E-state index contributed by atoms with van der Waals surface area (Å²) >= 11 is 3.23. The quantitative estimate of drug-likeness (QED) is 0.774. The Morgan fingerprint density at radius 2 is 2.14 bits per heavy atom. The highest BCUT2D eigenvalue weighted by molar-refractivity contribution is 9.10. The summed E-state index contributed by atoms with van der Waals surface area (Å²) in [5.74, 6) is -0.213. The van der Waals surface area contributed by atoms with Crippen molar-refractivity contribution in [3.8, 4) is 17.6 Å². The Kier molecular flexibility index (Phi) is 4.71. The third kappa shape index (κ3) is 3.47. The van der Waals surface area contributed by atoms with E-state index in [-0.39, 0.29) is 17.7 Å². The van der Waals surface area contributed by atoms with Crippen molar-refractivity contribution in [2.45, 2.75) is 13.3 Å². The Hall–Kier alpha value is -2.19. The van der Waals surface area contributed by atoms with Crippen molar-refractivity contribution < 1.29 is 13.9 Å². The summed E-state index contributed by atoms with van der Waals surface area (Å²) in [5.41, 5.74) is 1.53. The number of aldehydes is 1. The molecule has 5 heteroatoms. The Morgan fingerprint density at radius 1 is 1.38 bits per heavy atom. The van der Waals surface area contributed by atoms with Gasteiger partial charge in [0.1, 0.15) is 12.0 Å². The molecule has 0 fully saturated rings. The van der Waals surface area contributed by atoms with E-state index in [1.165, 1.54) is 12.1 Å². The lowest BCUT2D eigenvalue weighted by molar-refractivity contribution is -0.107. The standard InChI is InChI=1S/C16H11BrFNO2/c1-10-6-11(9-19)8-13(7-10)21-16-14(17)3-2-12(4-5-20)15(16)18/h2-3,5-8H,4H2,1H3. The molecule has 0 spiro atoms. The number of carbonyl (C=O) groups excluding carboxylic acids is 1. The zero-order valence-corrected chi connectivity index (χ0v) is 12.8. The van der Waals surface area contributed by atoms with Gasteiger partial charge in [0.05, 0.1) is 16.1 Å². The predicted molar refractivity (Wildman–Crippen MR) is 79.8 cm³/mol. The molecular weight excluding hydrogens is 337 g/mol. The molecule has 0 heterocycles. The zero-order chi connectivity index (χ0) is 15.4. The first-order valence-corrected chi connectivity index (χ1v) is 6.94. The van der Waals surface area contributed by atoms with Crippen LogP contribution in [0.2, 0.25) is 0 Å². The van der Waals surface area contributed by atoms with Crippen LogP contribution in [0.4, 0.5) is 4.39 Å². The Labute approximate surface area is 130 Å². The highest BCUT2D eigenvalue weighted by Gasteiger charge is 2.14. The number of benzene rings is 2. The molecule has 0 atom stereocenters. The van der Waals surface area contributed by atoms with Gasteiger partial charge in [0.25, 0.3) is 0 Å². The van der Waals surface area contributed by atoms with Crippen LogP contribution in [0.25, 0.3) is 0 Å². The van der Waals surface area contributed by atoms with Crippen LogP contribution in [0.15, 0.2) is 34.8 Å². The summed E-state index contributed by atoms with van der Waals surface area (Å²) in [4.78, 5) is 10.6. The van der Waals surface area contributed by atoms with Crippen LogP contribution >= 0.6 is 15.9 Å². The van der Waals surface area contributed by atoms with E-state index in [2.05, 4.69) is 15.9 Å². The van der Waals surface area contributed by atoms with Gasteiger partial charge in [-0.25, -0.2) is 4.39 Å². The Morgan fingerprint density at radius 3 is 2.81 bits per heavy atom. The number of nitriles is 1. The Bertz CT molecular complexity index is 738. The lowest BCUT2D eigenvalue weighted by Crippen LogP contribution is -1.97. The normalized spacial score (nSPS) is 10.0. The third-order valence-electron chi connectivity index (χ3n) is 2.83. The second-order valence-corrected chi connectivity index (χ2v) is 5.32. The molecule has 2 aromatic rings. The van der Waals surface area contributed by atoms with Gasteiger partial charge in [-0.15, -0.1) is 0 Å². The first kappa shape index (κ1) is 15.2. The lowest BCUT2D eigenvalue weighted by atomic mass is 10.1. The summed E-state index contributed by atoms with van der Waals surface area (Å²) in [6, 6.07) is 10.1. The number of rotatable bonds is 4. The van der Waals surface area contributed by atoms with Crippen LogP contribution in [0.5, 0.6) is 11.5 Å². The summed E-state index contributed by atoms with van der Waals surface area (Å²) < 4.78 is 20.3. The van der Waals surface area contributed by atoms with Crippen LogP contribution in [0, 0.1) is 24.1 Å². The van der Waals surface area contributed by atoms with Crippen molar-refractivity contribution in [3.63, 3.8) is 0 Å². The molecule has 0 aliphatic carbocycles. The fourth-order valence-corrected chi connectivity index (χ4v) is 2.29. The molecule has 3 nitrogen and oxygen atoms in total. The van der Waals surface area contributed by atoms with E-state index >= 15 is 0 Å². The van der Waals surface area contributed by atoms with E-state index in [4.69, 9.17) is 10.00 Å². The molecule has 0 N–H and O–H groups in total. The van der Waals surface area contributed by atoms with Crippen LogP contribution in [-0.4, -0.2) is 6.29 Å². The van der Waals surface area contributed by atoms with Gasteiger partial charge in [-0.05, 0) is 58.2 Å². The maximum atomic E-state index is 14.3. The number of carbonyl (C=O) groups is 1. The minimum absolute atomic E-state index is 0.00356. The molecule has 2 rings (SSSR count). The van der Waals surface area contributed by atoms with E-state index in [1.807, 2.05) is 13.0 Å². The summed E-state index contributed by atoms with van der Waals surface area (Å²) in [5, 5.41) is 8.95. The molecule has 0 radical (unpaired) electrons. The molecule has 0 bridgehead atoms. The third-order valence-corrected chi connectivity index (χ3v) is 3.46. The predicted octanol–water partition coefficient (Wildman–Crippen LogP) is 4.30. The number of halogens is 2. The molecule has 0 amide bonds. The monoisotopic (exact) mass is 347 g/mol. The summed E-state index contributed by atoms with van der Waals surface area (Å²) in [6.07, 6.45) is 0.614. The molecular formula is C16H11BrFNO2. The number of hydrogen-bond donors (Lipinski definition) is 0. The lowest BCUT2D eigenvalue weighted by Gasteiger charge is -2.12. The first-order chi connectivity index (χ1) is 10.0. The van der Waals surface area contributed by atoms with Crippen molar-refractivity contribution in [3.05, 3.63) is 57.3 Å². The second-order valence-electron chi connectivity index (χ2n) is 4.47. The maximum Gasteiger partial charge on any atom is 0.177 e. The van der Waals surface area contributed by atoms with E-state index in [1.54, 1.807) is 18.2 Å². The van der Waals surface area contributed by atoms with Crippen LogP contribution in [0.3, 0.4) is 0 Å². The van der Waals surface area contributed by atoms with Crippen molar-refractivity contribution in [1.29, 1.82) is 5.26 Å². The maximum absolute atomic E-state index is 14.3. The van der Waals surface area contributed by atoms with Crippen molar-refractivity contribution in [2.24, 2.45) is 0 Å². The minimum atomic E-state index is -0.587. The fraction of sp³-hybridized carbons (Fsp3) is 0.125. The van der Waals surface area contributed by atoms with Crippen molar-refractivity contribution in [1.82, 2.24) is 0 Å². The number of ether oxygens (including phenoxy) is 1. The highest BCUT2D eigenvalue weighted by atomic mass is 79.9. The molecule has 0 saturated heterocycles. The van der Waals surface area contributed by atoms with Gasteiger partial charge in [0, 0.05) is 6.42 Å². The average Bonchev–Trinajstić information content (AvgIpc) is 2.46. The van der Waals surface area contributed by atoms with E-state index in [9.17, 15) is 9.18 Å². The smallest absolute Gasteiger partial charge is 0.177 e. The van der Waals surface area contributed by atoms with Gasteiger partial charge in [-0.2, -0.15) is 5.26 Å². The van der Waals surface area contributed by atoms with Crippen LogP contribution < -0.4 is 4.74 Å². The number of hydrogen-bond acceptors (Lipinski definition) is 3. The Balaban J connectivity index is 2.44. The van der Waals surface area contributed by atoms with Gasteiger partial charge >= 0.3 is 0 Å². The largest absolute Gasteiger partial charge is 0.453 e. The van der Waals surface area contributed by atoms with Gasteiger partial charge in [-0.1, -0.05) is 6.07 Å². The molecule has 106 valence electrons. The van der Waals surface area contributed by atoms with Crippen LogP contribution in [0.1, 0.15) is 16.7 Å². The molecule has 2 aromatic carbocycles. The van der Waals surface area contributed by atoms with Gasteiger partial charge in [-0.3, -0.25) is 0 Å². The molecule has 0 aliphatic heterocycles. The highest BCUT2D eigenvalue weighted by Crippen LogP contribution is 2.34. The summed E-state index contributed by atoms with van der Waals surface area (Å²) in [6.45, 7) is 1.82.